The average molecular weight is 262 g/mol. The second-order valence-electron chi connectivity index (χ2n) is 4.23. The highest BCUT2D eigenvalue weighted by Gasteiger charge is 2.03. The first-order chi connectivity index (χ1) is 9.76. The van der Waals surface area contributed by atoms with Crippen molar-refractivity contribution >= 4 is 5.69 Å². The molecule has 2 aromatic rings. The maximum absolute atomic E-state index is 9.05. The highest BCUT2D eigenvalue weighted by Crippen LogP contribution is 2.19. The molecular formula is C17H14N2O. The van der Waals surface area contributed by atoms with E-state index in [1.807, 2.05) is 36.4 Å². The minimum atomic E-state index is 0.532. The van der Waals surface area contributed by atoms with E-state index < -0.39 is 0 Å². The van der Waals surface area contributed by atoms with E-state index >= 15 is 0 Å². The number of terminal acetylenes is 1. The quantitative estimate of drug-likeness (QED) is 0.861. The molecule has 0 aromatic heterocycles. The predicted octanol–water partition coefficient (Wildman–Crippen LogP) is 3.16. The molecule has 0 unspecified atom stereocenters. The third-order valence-corrected chi connectivity index (χ3v) is 2.91. The van der Waals surface area contributed by atoms with Crippen molar-refractivity contribution < 1.29 is 4.74 Å². The van der Waals surface area contributed by atoms with Gasteiger partial charge in [0.15, 0.2) is 0 Å². The van der Waals surface area contributed by atoms with Crippen molar-refractivity contribution in [2.75, 3.05) is 12.4 Å². The van der Waals surface area contributed by atoms with Gasteiger partial charge in [-0.3, -0.25) is 0 Å². The van der Waals surface area contributed by atoms with Crippen LogP contribution in [-0.2, 0) is 6.54 Å². The minimum Gasteiger partial charge on any atom is -0.495 e. The molecule has 3 heteroatoms. The summed E-state index contributed by atoms with van der Waals surface area (Å²) < 4.78 is 5.12. The van der Waals surface area contributed by atoms with Crippen molar-refractivity contribution in [1.82, 2.24) is 0 Å². The maximum Gasteiger partial charge on any atom is 0.136 e. The number of nitrogens with one attached hydrogen (secondary N) is 1. The van der Waals surface area contributed by atoms with Gasteiger partial charge in [-0.05, 0) is 35.9 Å². The Morgan fingerprint density at radius 3 is 2.80 bits per heavy atom. The van der Waals surface area contributed by atoms with Crippen LogP contribution < -0.4 is 10.1 Å². The average Bonchev–Trinajstić information content (AvgIpc) is 2.52. The molecule has 0 bridgehead atoms. The topological polar surface area (TPSA) is 45.0 Å². The van der Waals surface area contributed by atoms with Gasteiger partial charge in [-0.2, -0.15) is 5.26 Å². The molecular weight excluding hydrogens is 248 g/mol. The summed E-state index contributed by atoms with van der Waals surface area (Å²) in [6.45, 7) is 0.618. The van der Waals surface area contributed by atoms with E-state index in [2.05, 4.69) is 17.3 Å². The van der Waals surface area contributed by atoms with Crippen LogP contribution in [-0.4, -0.2) is 7.11 Å². The molecule has 2 aromatic carbocycles. The highest BCUT2D eigenvalue weighted by molar-refractivity contribution is 5.51. The number of nitrogens with zero attached hydrogens (tertiary/aromatic N) is 1. The number of nitriles is 1. The largest absolute Gasteiger partial charge is 0.495 e. The zero-order valence-electron chi connectivity index (χ0n) is 11.2. The Labute approximate surface area is 118 Å². The number of anilines is 1. The molecule has 3 nitrogen and oxygen atoms in total. The fraction of sp³-hybridized carbons (Fsp3) is 0.118. The number of methoxy groups -OCH3 is 1. The fourth-order valence-corrected chi connectivity index (χ4v) is 1.88. The van der Waals surface area contributed by atoms with Gasteiger partial charge >= 0.3 is 0 Å². The first-order valence-corrected chi connectivity index (χ1v) is 6.14. The van der Waals surface area contributed by atoms with Gasteiger partial charge in [0, 0.05) is 17.8 Å². The molecule has 0 heterocycles. The lowest BCUT2D eigenvalue weighted by molar-refractivity contribution is 0.413. The molecule has 0 saturated heterocycles. The van der Waals surface area contributed by atoms with E-state index in [1.165, 1.54) is 0 Å². The van der Waals surface area contributed by atoms with Gasteiger partial charge in [0.25, 0.3) is 0 Å². The number of hydrogen-bond acceptors (Lipinski definition) is 3. The third-order valence-electron chi connectivity index (χ3n) is 2.91. The summed E-state index contributed by atoms with van der Waals surface area (Å²) in [7, 11) is 1.55. The smallest absolute Gasteiger partial charge is 0.136 e. The monoisotopic (exact) mass is 262 g/mol. The standard InChI is InChI=1S/C17H14N2O/c1-3-13-5-4-6-16(10-13)19-12-14-7-8-17(20-2)15(9-14)11-18/h1,4-10,19H,12H2,2H3. The van der Waals surface area contributed by atoms with E-state index in [0.29, 0.717) is 17.9 Å². The molecule has 0 aliphatic rings. The minimum absolute atomic E-state index is 0.532. The first kappa shape index (κ1) is 13.5. The van der Waals surface area contributed by atoms with Crippen LogP contribution in [0.1, 0.15) is 16.7 Å². The van der Waals surface area contributed by atoms with E-state index in [-0.39, 0.29) is 0 Å². The summed E-state index contributed by atoms with van der Waals surface area (Å²) >= 11 is 0. The van der Waals surface area contributed by atoms with E-state index in [9.17, 15) is 0 Å². The maximum atomic E-state index is 9.05. The Balaban J connectivity index is 2.11. The van der Waals surface area contributed by atoms with Gasteiger partial charge in [0.2, 0.25) is 0 Å². The van der Waals surface area contributed by atoms with Crippen LogP contribution in [0.15, 0.2) is 42.5 Å². The van der Waals surface area contributed by atoms with Crippen molar-refractivity contribution in [2.24, 2.45) is 0 Å². The van der Waals surface area contributed by atoms with Crippen LogP contribution in [0.3, 0.4) is 0 Å². The number of ether oxygens (including phenoxy) is 1. The normalized spacial score (nSPS) is 9.35. The summed E-state index contributed by atoms with van der Waals surface area (Å²) in [6.07, 6.45) is 5.37. The van der Waals surface area contributed by atoms with Gasteiger partial charge in [0.1, 0.15) is 11.8 Å². The molecule has 0 spiro atoms. The summed E-state index contributed by atoms with van der Waals surface area (Å²) in [5.41, 5.74) is 3.33. The Kier molecular flexibility index (Phi) is 4.27. The van der Waals surface area contributed by atoms with E-state index in [4.69, 9.17) is 16.4 Å². The number of hydrogen-bond donors (Lipinski definition) is 1. The zero-order chi connectivity index (χ0) is 14.4. The summed E-state index contributed by atoms with van der Waals surface area (Å²) in [5, 5.41) is 12.3. The van der Waals surface area contributed by atoms with Gasteiger partial charge in [-0.25, -0.2) is 0 Å². The molecule has 0 fully saturated rings. The van der Waals surface area contributed by atoms with Crippen molar-refractivity contribution in [3.05, 3.63) is 59.2 Å². The fourth-order valence-electron chi connectivity index (χ4n) is 1.88. The summed E-state index contributed by atoms with van der Waals surface area (Å²) in [5.74, 6) is 3.19. The number of benzene rings is 2. The molecule has 0 amide bonds. The Bertz CT molecular complexity index is 693. The van der Waals surface area contributed by atoms with Gasteiger partial charge < -0.3 is 10.1 Å². The van der Waals surface area contributed by atoms with Crippen molar-refractivity contribution in [3.63, 3.8) is 0 Å². The Hall–Kier alpha value is -2.91. The highest BCUT2D eigenvalue weighted by atomic mass is 16.5. The van der Waals surface area contributed by atoms with Crippen LogP contribution in [0.2, 0.25) is 0 Å². The zero-order valence-corrected chi connectivity index (χ0v) is 11.2. The van der Waals surface area contributed by atoms with Crippen LogP contribution in [0.25, 0.3) is 0 Å². The van der Waals surface area contributed by atoms with Gasteiger partial charge in [-0.15, -0.1) is 6.42 Å². The lowest BCUT2D eigenvalue weighted by atomic mass is 10.1. The van der Waals surface area contributed by atoms with Gasteiger partial charge in [-0.1, -0.05) is 18.1 Å². The summed E-state index contributed by atoms with van der Waals surface area (Å²) in [6, 6.07) is 15.3. The second-order valence-corrected chi connectivity index (χ2v) is 4.23. The lowest BCUT2D eigenvalue weighted by Crippen LogP contribution is -2.00. The molecule has 20 heavy (non-hydrogen) atoms. The second kappa shape index (κ2) is 6.31. The molecule has 1 N–H and O–H groups in total. The van der Waals surface area contributed by atoms with Crippen LogP contribution in [0.5, 0.6) is 5.75 Å². The van der Waals surface area contributed by atoms with E-state index in [1.54, 1.807) is 13.2 Å². The first-order valence-electron chi connectivity index (χ1n) is 6.14. The molecule has 0 atom stereocenters. The molecule has 0 radical (unpaired) electrons. The Morgan fingerprint density at radius 1 is 1.25 bits per heavy atom. The van der Waals surface area contributed by atoms with Crippen LogP contribution >= 0.6 is 0 Å². The molecule has 98 valence electrons. The SMILES string of the molecule is C#Cc1cccc(NCc2ccc(OC)c(C#N)c2)c1. The molecule has 2 rings (SSSR count). The Morgan fingerprint density at radius 2 is 2.10 bits per heavy atom. The molecule has 0 saturated carbocycles. The van der Waals surface area contributed by atoms with Crippen molar-refractivity contribution in [3.8, 4) is 24.2 Å². The molecule has 0 aliphatic carbocycles. The number of rotatable bonds is 4. The third kappa shape index (κ3) is 3.10. The molecule has 0 aliphatic heterocycles. The van der Waals surface area contributed by atoms with Crippen molar-refractivity contribution in [2.45, 2.75) is 6.54 Å². The van der Waals surface area contributed by atoms with Gasteiger partial charge in [0.05, 0.1) is 12.7 Å². The van der Waals surface area contributed by atoms with Crippen LogP contribution in [0.4, 0.5) is 5.69 Å². The lowest BCUT2D eigenvalue weighted by Gasteiger charge is -2.09. The predicted molar refractivity (Wildman–Crippen MR) is 79.4 cm³/mol. The van der Waals surface area contributed by atoms with Crippen molar-refractivity contribution in [1.29, 1.82) is 5.26 Å². The van der Waals surface area contributed by atoms with E-state index in [0.717, 1.165) is 16.8 Å². The van der Waals surface area contributed by atoms with Crippen LogP contribution in [0, 0.1) is 23.7 Å². The summed E-state index contributed by atoms with van der Waals surface area (Å²) in [4.78, 5) is 0.